The van der Waals surface area contributed by atoms with Gasteiger partial charge in [-0.2, -0.15) is 9.12 Å². The van der Waals surface area contributed by atoms with Gasteiger partial charge < -0.3 is 13.2 Å². The van der Waals surface area contributed by atoms with Gasteiger partial charge in [0, 0.05) is 0 Å². The molecule has 0 saturated heterocycles. The molecule has 0 rings (SSSR count). The van der Waals surface area contributed by atoms with Crippen molar-refractivity contribution < 1.29 is 13.2 Å². The molecule has 0 radical (unpaired) electrons. The molecular formula is C5H13FNOP. The van der Waals surface area contributed by atoms with Crippen molar-refractivity contribution in [3.05, 3.63) is 0 Å². The summed E-state index contributed by atoms with van der Waals surface area (Å²) in [4.78, 5) is 0. The van der Waals surface area contributed by atoms with Gasteiger partial charge in [0.25, 0.3) is 0 Å². The molecule has 4 heteroatoms. The van der Waals surface area contributed by atoms with Crippen LogP contribution in [-0.2, 0) is 4.52 Å². The minimum absolute atomic E-state index is 0.467. The Kier molecular flexibility index (Phi) is 4.28. The van der Waals surface area contributed by atoms with Crippen molar-refractivity contribution in [3.63, 3.8) is 0 Å². The zero-order chi connectivity index (χ0) is 7.33. The fraction of sp³-hybridized carbons (Fsp3) is 1.00. The van der Waals surface area contributed by atoms with Gasteiger partial charge in [-0.25, -0.2) is 0 Å². The number of halogens is 1. The predicted molar refractivity (Wildman–Crippen MR) is 36.9 cm³/mol. The van der Waals surface area contributed by atoms with E-state index in [4.69, 9.17) is 0 Å². The molecule has 2 nitrogen and oxygen atoms in total. The van der Waals surface area contributed by atoms with E-state index in [1.54, 1.807) is 0 Å². The number of rotatable bonds is 4. The lowest BCUT2D eigenvalue weighted by Crippen LogP contribution is -2.37. The van der Waals surface area contributed by atoms with Crippen LogP contribution in [0.3, 0.4) is 0 Å². The maximum atomic E-state index is 11.3. The van der Waals surface area contributed by atoms with Crippen LogP contribution in [0.25, 0.3) is 0 Å². The van der Waals surface area contributed by atoms with E-state index in [-0.39, 0.29) is 0 Å². The van der Waals surface area contributed by atoms with Crippen LogP contribution in [-0.4, -0.2) is 38.8 Å². The maximum Gasteiger partial charge on any atom is 0.0989 e. The number of nitrogens with zero attached hydrogens (tertiary/aromatic N) is 1. The van der Waals surface area contributed by atoms with Crippen LogP contribution in [0.15, 0.2) is 0 Å². The van der Waals surface area contributed by atoms with E-state index in [0.717, 1.165) is 11.0 Å². The zero-order valence-corrected chi connectivity index (χ0v) is 6.99. The quantitative estimate of drug-likeness (QED) is 0.337. The molecule has 56 valence electrons. The Hall–Kier alpha value is 0.280. The molecule has 0 aliphatic heterocycles. The second-order valence-electron chi connectivity index (χ2n) is 2.92. The van der Waals surface area contributed by atoms with Gasteiger partial charge in [0.1, 0.15) is 0 Å². The van der Waals surface area contributed by atoms with Gasteiger partial charge in [-0.3, -0.25) is 0 Å². The second-order valence-corrected chi connectivity index (χ2v) is 3.31. The second kappa shape index (κ2) is 4.15. The van der Waals surface area contributed by atoms with E-state index >= 15 is 0 Å². The monoisotopic (exact) mass is 153 g/mol. The fourth-order valence-corrected chi connectivity index (χ4v) is 0.500. The van der Waals surface area contributed by atoms with Crippen LogP contribution >= 0.6 is 9.12 Å². The van der Waals surface area contributed by atoms with Gasteiger partial charge in [-0.15, -0.1) is 0 Å². The molecule has 9 heavy (non-hydrogen) atoms. The van der Waals surface area contributed by atoms with Crippen LogP contribution in [0.2, 0.25) is 0 Å². The molecule has 0 aromatic heterocycles. The Morgan fingerprint density at radius 2 is 2.00 bits per heavy atom. The smallest absolute Gasteiger partial charge is 0.0989 e. The average Bonchev–Trinajstić information content (AvgIpc) is 1.63. The molecule has 0 spiro atoms. The Morgan fingerprint density at radius 1 is 1.44 bits per heavy atom. The lowest BCUT2D eigenvalue weighted by Gasteiger charge is -2.24. The van der Waals surface area contributed by atoms with Crippen molar-refractivity contribution >= 4 is 9.12 Å². The molecular weight excluding hydrogens is 140 g/mol. The lowest BCUT2D eigenvalue weighted by atomic mass is 10.5. The largest absolute Gasteiger partial charge is 0.519 e. The summed E-state index contributed by atoms with van der Waals surface area (Å²) in [7, 11) is 5.65. The third-order valence-corrected chi connectivity index (χ3v) is 1.18. The molecule has 0 bridgehead atoms. The number of quaternary nitrogens is 1. The molecule has 0 atom stereocenters. The minimum Gasteiger partial charge on any atom is -0.519 e. The van der Waals surface area contributed by atoms with E-state index in [2.05, 4.69) is 4.52 Å². The first-order chi connectivity index (χ1) is 4.06. The minimum atomic E-state index is -0.467. The number of hydrogen-bond acceptors (Lipinski definition) is 1. The molecule has 0 fully saturated rings. The van der Waals surface area contributed by atoms with Crippen molar-refractivity contribution in [3.8, 4) is 0 Å². The molecule has 0 aliphatic rings. The van der Waals surface area contributed by atoms with Gasteiger partial charge in [-0.05, 0) is 0 Å². The normalized spacial score (nSPS) is 13.3. The summed E-state index contributed by atoms with van der Waals surface area (Å²) in [6, 6.07) is 0. The first-order valence-corrected chi connectivity index (χ1v) is 3.50. The Labute approximate surface area is 57.6 Å². The van der Waals surface area contributed by atoms with Crippen molar-refractivity contribution in [2.75, 3.05) is 34.3 Å². The van der Waals surface area contributed by atoms with E-state index in [1.807, 2.05) is 21.1 Å². The van der Waals surface area contributed by atoms with E-state index in [0.29, 0.717) is 6.61 Å². The van der Waals surface area contributed by atoms with Gasteiger partial charge in [0.15, 0.2) is 0 Å². The fourth-order valence-electron chi connectivity index (χ4n) is 0.349. The summed E-state index contributed by atoms with van der Waals surface area (Å²) < 4.78 is 16.6. The van der Waals surface area contributed by atoms with E-state index in [9.17, 15) is 4.20 Å². The molecule has 0 saturated carbocycles. The third-order valence-electron chi connectivity index (χ3n) is 0.902. The standard InChI is InChI=1S/C5H13FNOP/c1-7(2,3)4-5-8-9-6/h4-5H2,1-3H3. The van der Waals surface area contributed by atoms with Gasteiger partial charge in [0.05, 0.1) is 34.3 Å². The highest BCUT2D eigenvalue weighted by molar-refractivity contribution is 7.25. The molecule has 0 aliphatic carbocycles. The maximum absolute atomic E-state index is 11.3. The lowest BCUT2D eigenvalue weighted by molar-refractivity contribution is -0.870. The van der Waals surface area contributed by atoms with Crippen molar-refractivity contribution in [2.24, 2.45) is 0 Å². The van der Waals surface area contributed by atoms with Crippen molar-refractivity contribution in [2.45, 2.75) is 0 Å². The highest BCUT2D eigenvalue weighted by Crippen LogP contribution is 2.11. The van der Waals surface area contributed by atoms with Crippen LogP contribution in [0.5, 0.6) is 0 Å². The van der Waals surface area contributed by atoms with Crippen LogP contribution in [0, 0.1) is 0 Å². The summed E-state index contributed by atoms with van der Waals surface area (Å²) in [6.07, 6.45) is 0. The third kappa shape index (κ3) is 8.28. The molecule has 0 amide bonds. The molecule has 0 unspecified atom stereocenters. The molecule has 0 heterocycles. The molecule has 0 aromatic rings. The Morgan fingerprint density at radius 3 is 2.33 bits per heavy atom. The number of likely N-dealkylation sites (N-methyl/N-ethyl adjacent to an activating group) is 1. The van der Waals surface area contributed by atoms with Crippen LogP contribution in [0.4, 0.5) is 4.20 Å². The van der Waals surface area contributed by atoms with E-state index < -0.39 is 9.12 Å². The first-order valence-electron chi connectivity index (χ1n) is 2.80. The molecule has 0 N–H and O–H groups in total. The summed E-state index contributed by atoms with van der Waals surface area (Å²) in [5, 5.41) is 0. The summed E-state index contributed by atoms with van der Waals surface area (Å²) in [6.45, 7) is 1.33. The first kappa shape index (κ1) is 9.28. The SMILES string of the molecule is C[N+](C)(C)CCO[P-]F. The predicted octanol–water partition coefficient (Wildman–Crippen LogP) is 1.45. The topological polar surface area (TPSA) is 9.23 Å². The highest BCUT2D eigenvalue weighted by atomic mass is 31.1. The van der Waals surface area contributed by atoms with Crippen molar-refractivity contribution in [1.29, 1.82) is 0 Å². The summed E-state index contributed by atoms with van der Waals surface area (Å²) in [5.74, 6) is 0. The van der Waals surface area contributed by atoms with Gasteiger partial charge in [-0.1, -0.05) is 0 Å². The Bertz CT molecular complexity index is 73.8. The highest BCUT2D eigenvalue weighted by Gasteiger charge is 2.02. The number of hydrogen-bond donors (Lipinski definition) is 0. The van der Waals surface area contributed by atoms with Gasteiger partial charge >= 0.3 is 0 Å². The zero-order valence-electron chi connectivity index (χ0n) is 6.09. The average molecular weight is 153 g/mol. The molecule has 0 aromatic carbocycles. The Balaban J connectivity index is 3.07. The van der Waals surface area contributed by atoms with Gasteiger partial charge in [0.2, 0.25) is 0 Å². The summed E-state index contributed by atoms with van der Waals surface area (Å²) in [5.41, 5.74) is 0. The van der Waals surface area contributed by atoms with Crippen molar-refractivity contribution in [1.82, 2.24) is 0 Å². The van der Waals surface area contributed by atoms with Crippen LogP contribution in [0.1, 0.15) is 0 Å². The summed E-state index contributed by atoms with van der Waals surface area (Å²) >= 11 is 0. The van der Waals surface area contributed by atoms with E-state index in [1.165, 1.54) is 0 Å². The van der Waals surface area contributed by atoms with Crippen LogP contribution < -0.4 is 0 Å².